The molecule has 0 bridgehead atoms. The Morgan fingerprint density at radius 1 is 1.38 bits per heavy atom. The number of hydrogen-bond acceptors (Lipinski definition) is 3. The first-order valence-electron chi connectivity index (χ1n) is 9.98. The summed E-state index contributed by atoms with van der Waals surface area (Å²) in [6.45, 7) is 5.79. The van der Waals surface area contributed by atoms with Gasteiger partial charge in [0.15, 0.2) is 5.96 Å². The van der Waals surface area contributed by atoms with E-state index < -0.39 is 18.8 Å². The Balaban J connectivity index is 1.97. The van der Waals surface area contributed by atoms with Gasteiger partial charge in [0.2, 0.25) is 0 Å². The van der Waals surface area contributed by atoms with Crippen LogP contribution in [0.4, 0.5) is 13.2 Å². The van der Waals surface area contributed by atoms with Gasteiger partial charge in [-0.3, -0.25) is 9.89 Å². The maximum atomic E-state index is 12.7. The number of nitrogens with zero attached hydrogens (tertiary/aromatic N) is 3. The minimum atomic E-state index is -4.18. The lowest BCUT2D eigenvalue weighted by Gasteiger charge is -2.26. The zero-order valence-corrected chi connectivity index (χ0v) is 17.7. The maximum absolute atomic E-state index is 12.7. The number of benzene rings is 1. The van der Waals surface area contributed by atoms with Crippen LogP contribution in [0.25, 0.3) is 0 Å². The van der Waals surface area contributed by atoms with Crippen LogP contribution in [-0.4, -0.2) is 72.9 Å². The Kier molecular flexibility index (Phi) is 9.04. The van der Waals surface area contributed by atoms with Gasteiger partial charge in [-0.05, 0) is 31.9 Å². The second-order valence-electron chi connectivity index (χ2n) is 7.28. The first-order valence-corrected chi connectivity index (χ1v) is 10.4. The van der Waals surface area contributed by atoms with Gasteiger partial charge in [0, 0.05) is 36.8 Å². The third kappa shape index (κ3) is 7.68. The highest BCUT2D eigenvalue weighted by molar-refractivity contribution is 6.31. The van der Waals surface area contributed by atoms with Crippen LogP contribution in [0.5, 0.6) is 0 Å². The molecule has 1 heterocycles. The predicted octanol–water partition coefficient (Wildman–Crippen LogP) is 3.55. The van der Waals surface area contributed by atoms with Crippen molar-refractivity contribution in [1.82, 2.24) is 15.1 Å². The van der Waals surface area contributed by atoms with Crippen LogP contribution in [-0.2, 0) is 0 Å². The molecule has 2 rings (SSSR count). The van der Waals surface area contributed by atoms with Crippen molar-refractivity contribution in [2.24, 2.45) is 10.9 Å². The smallest absolute Gasteiger partial charge is 0.386 e. The molecule has 1 aliphatic rings. The summed E-state index contributed by atoms with van der Waals surface area (Å²) in [6.07, 6.45) is -4.19. The topological polar surface area (TPSA) is 51.1 Å². The molecule has 0 spiro atoms. The van der Waals surface area contributed by atoms with E-state index in [4.69, 9.17) is 11.6 Å². The number of likely N-dealkylation sites (tertiary alicyclic amines) is 1. The molecule has 2 unspecified atom stereocenters. The number of aliphatic imine (C=N–C) groups is 1. The van der Waals surface area contributed by atoms with E-state index in [-0.39, 0.29) is 12.5 Å². The lowest BCUT2D eigenvalue weighted by atomic mass is 10.1. The zero-order chi connectivity index (χ0) is 21.4. The van der Waals surface area contributed by atoms with E-state index in [2.05, 4.69) is 15.2 Å². The molecule has 0 radical (unpaired) electrons. The number of aliphatic hydroxyl groups is 1. The van der Waals surface area contributed by atoms with Gasteiger partial charge < -0.3 is 15.3 Å². The number of rotatable bonds is 8. The second-order valence-corrected chi connectivity index (χ2v) is 7.68. The van der Waals surface area contributed by atoms with Crippen LogP contribution in [0.15, 0.2) is 29.3 Å². The summed E-state index contributed by atoms with van der Waals surface area (Å²) in [5.74, 6) is 0.814. The second kappa shape index (κ2) is 11.0. The van der Waals surface area contributed by atoms with Gasteiger partial charge in [0.1, 0.15) is 6.10 Å². The van der Waals surface area contributed by atoms with Crippen molar-refractivity contribution in [1.29, 1.82) is 0 Å². The van der Waals surface area contributed by atoms with Crippen molar-refractivity contribution in [3.63, 3.8) is 0 Å². The minimum absolute atomic E-state index is 0.148. The third-order valence-electron chi connectivity index (χ3n) is 4.96. The average Bonchev–Trinajstić information content (AvgIpc) is 3.12. The molecule has 2 atom stereocenters. The number of alkyl halides is 3. The monoisotopic (exact) mass is 434 g/mol. The normalized spacial score (nSPS) is 19.1. The van der Waals surface area contributed by atoms with E-state index in [9.17, 15) is 18.3 Å². The molecule has 0 aliphatic carbocycles. The number of nitrogens with one attached hydrogen (secondary N) is 1. The zero-order valence-electron chi connectivity index (χ0n) is 16.9. The summed E-state index contributed by atoms with van der Waals surface area (Å²) < 4.78 is 38.1. The highest BCUT2D eigenvalue weighted by Crippen LogP contribution is 2.24. The molecule has 164 valence electrons. The van der Waals surface area contributed by atoms with Gasteiger partial charge in [0.05, 0.1) is 13.1 Å². The van der Waals surface area contributed by atoms with E-state index >= 15 is 0 Å². The highest BCUT2D eigenvalue weighted by Gasteiger charge is 2.33. The first-order chi connectivity index (χ1) is 13.7. The maximum Gasteiger partial charge on any atom is 0.401 e. The molecular formula is C20H30ClF3N4O. The lowest BCUT2D eigenvalue weighted by molar-refractivity contribution is -0.146. The van der Waals surface area contributed by atoms with Gasteiger partial charge >= 0.3 is 6.18 Å². The van der Waals surface area contributed by atoms with Crippen molar-refractivity contribution in [3.05, 3.63) is 34.9 Å². The Bertz CT molecular complexity index is 671. The van der Waals surface area contributed by atoms with Crippen LogP contribution in [0, 0.1) is 5.92 Å². The lowest BCUT2D eigenvalue weighted by Crippen LogP contribution is -2.42. The minimum Gasteiger partial charge on any atom is -0.386 e. The SMILES string of the molecule is CCNC(=NCC(O)c1ccccc1Cl)N1CCC(CN(CC)CC(F)(F)F)C1. The molecule has 29 heavy (non-hydrogen) atoms. The number of guanidine groups is 1. The third-order valence-corrected chi connectivity index (χ3v) is 5.31. The predicted molar refractivity (Wildman–Crippen MR) is 110 cm³/mol. The van der Waals surface area contributed by atoms with E-state index in [1.165, 1.54) is 4.90 Å². The van der Waals surface area contributed by atoms with E-state index in [1.54, 1.807) is 25.1 Å². The van der Waals surface area contributed by atoms with Gasteiger partial charge in [-0.2, -0.15) is 13.2 Å². The fourth-order valence-electron chi connectivity index (χ4n) is 3.54. The van der Waals surface area contributed by atoms with Gasteiger partial charge in [0.25, 0.3) is 0 Å². The van der Waals surface area contributed by atoms with E-state index in [0.29, 0.717) is 42.7 Å². The largest absolute Gasteiger partial charge is 0.401 e. The summed E-state index contributed by atoms with van der Waals surface area (Å²) >= 11 is 6.13. The van der Waals surface area contributed by atoms with Crippen molar-refractivity contribution >= 4 is 17.6 Å². The molecule has 0 amide bonds. The first kappa shape index (κ1) is 23.8. The molecule has 1 aromatic rings. The van der Waals surface area contributed by atoms with Gasteiger partial charge in [-0.1, -0.05) is 36.7 Å². The van der Waals surface area contributed by atoms with E-state index in [1.807, 2.05) is 13.0 Å². The molecule has 2 N–H and O–H groups in total. The highest BCUT2D eigenvalue weighted by atomic mass is 35.5. The molecule has 1 saturated heterocycles. The summed E-state index contributed by atoms with van der Waals surface area (Å²) in [5.41, 5.74) is 0.624. The fourth-order valence-corrected chi connectivity index (χ4v) is 3.80. The van der Waals surface area contributed by atoms with Crippen LogP contribution in [0.3, 0.4) is 0 Å². The average molecular weight is 435 g/mol. The van der Waals surface area contributed by atoms with Crippen molar-refractivity contribution in [3.8, 4) is 0 Å². The standard InChI is InChI=1S/C20H30ClF3N4O/c1-3-25-19(26-11-18(29)16-7-5-6-8-17(16)21)28-10-9-15(13-28)12-27(4-2)14-20(22,23)24/h5-8,15,18,29H,3-4,9-14H2,1-2H3,(H,25,26). The van der Waals surface area contributed by atoms with Gasteiger partial charge in [-0.15, -0.1) is 0 Å². The Hall–Kier alpha value is -1.51. The molecule has 0 saturated carbocycles. The summed E-state index contributed by atoms with van der Waals surface area (Å²) in [5, 5.41) is 14.1. The summed E-state index contributed by atoms with van der Waals surface area (Å²) in [4.78, 5) is 8.03. The molecule has 1 fully saturated rings. The quantitative estimate of drug-likeness (QED) is 0.485. The van der Waals surface area contributed by atoms with Crippen molar-refractivity contribution < 1.29 is 18.3 Å². The fraction of sp³-hybridized carbons (Fsp3) is 0.650. The van der Waals surface area contributed by atoms with Crippen LogP contribution in [0.2, 0.25) is 5.02 Å². The molecule has 0 aromatic heterocycles. The molecule has 5 nitrogen and oxygen atoms in total. The number of hydrogen-bond donors (Lipinski definition) is 2. The van der Waals surface area contributed by atoms with E-state index in [0.717, 1.165) is 13.0 Å². The number of aliphatic hydroxyl groups excluding tert-OH is 1. The summed E-state index contributed by atoms with van der Waals surface area (Å²) in [7, 11) is 0. The van der Waals surface area contributed by atoms with Crippen molar-refractivity contribution in [2.45, 2.75) is 32.5 Å². The summed E-state index contributed by atoms with van der Waals surface area (Å²) in [6, 6.07) is 7.10. The number of halogens is 4. The van der Waals surface area contributed by atoms with Crippen LogP contribution in [0.1, 0.15) is 31.9 Å². The Labute approximate surface area is 175 Å². The van der Waals surface area contributed by atoms with Crippen molar-refractivity contribution in [2.75, 3.05) is 45.8 Å². The Morgan fingerprint density at radius 3 is 2.72 bits per heavy atom. The van der Waals surface area contributed by atoms with Crippen LogP contribution < -0.4 is 5.32 Å². The Morgan fingerprint density at radius 2 is 2.10 bits per heavy atom. The van der Waals surface area contributed by atoms with Gasteiger partial charge in [-0.25, -0.2) is 0 Å². The van der Waals surface area contributed by atoms with Crippen LogP contribution >= 0.6 is 11.6 Å². The molecular weight excluding hydrogens is 405 g/mol. The molecule has 1 aromatic carbocycles. The molecule has 1 aliphatic heterocycles. The molecule has 9 heteroatoms.